The number of hydrogen-bond donors (Lipinski definition) is 0. The lowest BCUT2D eigenvalue weighted by Gasteiger charge is -2.01. The Labute approximate surface area is 162 Å². The molecule has 0 atom stereocenters. The first-order valence-electron chi connectivity index (χ1n) is 8.77. The third-order valence-electron chi connectivity index (χ3n) is 4.24. The molecule has 2 aromatic rings. The average Bonchev–Trinajstić information content (AvgIpc) is 2.94. The summed E-state index contributed by atoms with van der Waals surface area (Å²) in [6, 6.07) is 8.54. The maximum atomic E-state index is 10.8. The fraction of sp³-hybridized carbons (Fsp3) is 0.526. The molecular weight excluding hydrogens is 402 g/mol. The third kappa shape index (κ3) is 6.34. The van der Waals surface area contributed by atoms with Crippen LogP contribution in [-0.2, 0) is 11.3 Å². The second-order valence-electron chi connectivity index (χ2n) is 6.11. The van der Waals surface area contributed by atoms with E-state index in [0.29, 0.717) is 6.42 Å². The predicted molar refractivity (Wildman–Crippen MR) is 110 cm³/mol. The molecule has 5 heteroatoms. The zero-order chi connectivity index (χ0) is 17.2. The lowest BCUT2D eigenvalue weighted by Crippen LogP contribution is -2.36. The van der Waals surface area contributed by atoms with Gasteiger partial charge in [0.2, 0.25) is 5.52 Å². The molecule has 1 aromatic carbocycles. The van der Waals surface area contributed by atoms with E-state index in [9.17, 15) is 4.79 Å². The van der Waals surface area contributed by atoms with Crippen molar-refractivity contribution in [3.8, 4) is 0 Å². The zero-order valence-corrected chi connectivity index (χ0v) is 17.2. The summed E-state index contributed by atoms with van der Waals surface area (Å²) >= 11 is 9.93. The van der Waals surface area contributed by atoms with Crippen LogP contribution in [0.25, 0.3) is 10.2 Å². The largest absolute Gasteiger partial charge is 0.287 e. The molecule has 130 valence electrons. The van der Waals surface area contributed by atoms with Crippen molar-refractivity contribution < 1.29 is 9.36 Å². The third-order valence-corrected chi connectivity index (χ3v) is 6.12. The minimum Gasteiger partial charge on any atom is -0.287 e. The number of benzene rings is 1. The molecule has 0 aliphatic carbocycles. The van der Waals surface area contributed by atoms with E-state index in [0.717, 1.165) is 13.0 Å². The van der Waals surface area contributed by atoms with Gasteiger partial charge in [-0.3, -0.25) is 4.79 Å². The number of nitrogens with zero attached hydrogens (tertiary/aromatic N) is 1. The number of rotatable bonds is 12. The summed E-state index contributed by atoms with van der Waals surface area (Å²) in [4.78, 5) is 10.8. The molecule has 2 nitrogen and oxygen atoms in total. The molecule has 2 rings (SSSR count). The number of thiocarbonyl (C=S) groups is 1. The van der Waals surface area contributed by atoms with Gasteiger partial charge in [0.1, 0.15) is 4.70 Å². The summed E-state index contributed by atoms with van der Waals surface area (Å²) < 4.78 is 3.82. The van der Waals surface area contributed by atoms with Crippen LogP contribution in [-0.4, -0.2) is 10.1 Å². The van der Waals surface area contributed by atoms with Crippen molar-refractivity contribution in [2.24, 2.45) is 0 Å². The van der Waals surface area contributed by atoms with E-state index in [1.807, 2.05) is 5.37 Å². The van der Waals surface area contributed by atoms with E-state index in [1.54, 1.807) is 11.3 Å². The molecule has 0 bridgehead atoms. The normalized spacial score (nSPS) is 11.0. The van der Waals surface area contributed by atoms with Crippen molar-refractivity contribution in [2.75, 3.05) is 0 Å². The second-order valence-corrected chi connectivity index (χ2v) is 8.29. The van der Waals surface area contributed by atoms with E-state index in [4.69, 9.17) is 12.2 Å². The van der Waals surface area contributed by atoms with Crippen molar-refractivity contribution in [3.05, 3.63) is 29.3 Å². The molecule has 0 radical (unpaired) electrons. The van der Waals surface area contributed by atoms with Crippen molar-refractivity contribution in [1.29, 1.82) is 0 Å². The first-order chi connectivity index (χ1) is 11.7. The van der Waals surface area contributed by atoms with Crippen LogP contribution in [0.15, 0.2) is 24.3 Å². The fourth-order valence-corrected chi connectivity index (χ4v) is 4.52. The average molecular weight is 427 g/mol. The van der Waals surface area contributed by atoms with Gasteiger partial charge in [-0.2, -0.15) is 4.57 Å². The Balaban J connectivity index is 1.63. The Hall–Kier alpha value is -0.650. The Morgan fingerprint density at radius 2 is 1.67 bits per heavy atom. The molecular formula is C19H25BrNOS2+. The number of fused-ring (bicyclic) bond motifs is 1. The topological polar surface area (TPSA) is 20.9 Å². The Kier molecular flexibility index (Phi) is 9.07. The van der Waals surface area contributed by atoms with E-state index >= 15 is 0 Å². The molecule has 0 saturated heterocycles. The number of aromatic nitrogens is 1. The van der Waals surface area contributed by atoms with Gasteiger partial charge in [-0.15, -0.1) is 0 Å². The zero-order valence-electron chi connectivity index (χ0n) is 14.0. The van der Waals surface area contributed by atoms with Gasteiger partial charge in [-0.1, -0.05) is 67.8 Å². The van der Waals surface area contributed by atoms with Crippen LogP contribution >= 0.6 is 39.5 Å². The van der Waals surface area contributed by atoms with Crippen LogP contribution in [0.1, 0.15) is 62.8 Å². The number of unbranched alkanes of at least 4 members (excludes halogenated alkanes) is 7. The molecule has 0 spiro atoms. The van der Waals surface area contributed by atoms with E-state index in [1.165, 1.54) is 60.2 Å². The monoisotopic (exact) mass is 426 g/mol. The van der Waals surface area contributed by atoms with Crippen LogP contribution < -0.4 is 4.57 Å². The summed E-state index contributed by atoms with van der Waals surface area (Å²) in [5.41, 5.74) is 1.31. The van der Waals surface area contributed by atoms with Crippen molar-refractivity contribution in [1.82, 2.24) is 0 Å². The maximum absolute atomic E-state index is 10.8. The van der Waals surface area contributed by atoms with Gasteiger partial charge >= 0.3 is 0 Å². The summed E-state index contributed by atoms with van der Waals surface area (Å²) in [5, 5.41) is 3.00. The highest BCUT2D eigenvalue weighted by molar-refractivity contribution is 9.18. The quantitative estimate of drug-likeness (QED) is 0.180. The summed E-state index contributed by atoms with van der Waals surface area (Å²) in [6.45, 7) is 1.06. The van der Waals surface area contributed by atoms with Crippen molar-refractivity contribution >= 4 is 59.8 Å². The van der Waals surface area contributed by atoms with Crippen LogP contribution in [0, 0.1) is 0 Å². The lowest BCUT2D eigenvalue weighted by molar-refractivity contribution is -0.668. The molecule has 24 heavy (non-hydrogen) atoms. The molecule has 0 N–H and O–H groups in total. The smallest absolute Gasteiger partial charge is 0.273 e. The van der Waals surface area contributed by atoms with E-state index < -0.39 is 0 Å². The van der Waals surface area contributed by atoms with Crippen molar-refractivity contribution in [2.45, 2.75) is 64.3 Å². The number of carbonyl (C=O) groups excluding carboxylic acids is 1. The first-order valence-corrected chi connectivity index (χ1v) is 10.9. The Morgan fingerprint density at radius 3 is 2.33 bits per heavy atom. The molecule has 1 aromatic heterocycles. The minimum atomic E-state index is 0.136. The first kappa shape index (κ1) is 19.7. The van der Waals surface area contributed by atoms with Gasteiger partial charge in [-0.05, 0) is 34.8 Å². The standard InChI is InChI=1S/C19H25BrNOS2/c20-18(22)13-7-5-3-1-2-4-6-10-14-21-16-11-8-9-12-17(16)24-19(21)15-23/h8-9,11-12,15H,1-7,10,13-14H2/q+1. The van der Waals surface area contributed by atoms with Crippen molar-refractivity contribution in [3.63, 3.8) is 0 Å². The highest BCUT2D eigenvalue weighted by Gasteiger charge is 2.17. The highest BCUT2D eigenvalue weighted by Crippen LogP contribution is 2.19. The maximum Gasteiger partial charge on any atom is 0.273 e. The summed E-state index contributed by atoms with van der Waals surface area (Å²) in [6.07, 6.45) is 10.5. The Morgan fingerprint density at radius 1 is 1.04 bits per heavy atom. The predicted octanol–water partition coefficient (Wildman–Crippen LogP) is 5.97. The van der Waals surface area contributed by atoms with Crippen LogP contribution in [0.4, 0.5) is 0 Å². The second kappa shape index (κ2) is 11.1. The number of para-hydroxylation sites is 1. The molecule has 0 saturated carbocycles. The van der Waals surface area contributed by atoms with Gasteiger partial charge < -0.3 is 0 Å². The molecule has 0 fully saturated rings. The van der Waals surface area contributed by atoms with Gasteiger partial charge in [0.25, 0.3) is 5.01 Å². The molecule has 0 unspecified atom stereocenters. The molecule has 0 aliphatic heterocycles. The highest BCUT2D eigenvalue weighted by atomic mass is 79.9. The molecule has 0 amide bonds. The van der Waals surface area contributed by atoms with Gasteiger partial charge in [0, 0.05) is 18.9 Å². The van der Waals surface area contributed by atoms with Crippen LogP contribution in [0.2, 0.25) is 0 Å². The van der Waals surface area contributed by atoms with Crippen LogP contribution in [0.3, 0.4) is 0 Å². The lowest BCUT2D eigenvalue weighted by atomic mass is 10.1. The minimum absolute atomic E-state index is 0.136. The number of halogens is 1. The van der Waals surface area contributed by atoms with Gasteiger partial charge in [0.05, 0.1) is 5.37 Å². The Bertz CT molecular complexity index is 668. The molecule has 1 heterocycles. The van der Waals surface area contributed by atoms with E-state index in [2.05, 4.69) is 44.8 Å². The SMILES string of the molecule is O=C(Br)CCCCCCCCCC[n+]1c(C=S)sc2ccccc21. The molecule has 0 aliphatic rings. The van der Waals surface area contributed by atoms with Gasteiger partial charge in [-0.25, -0.2) is 0 Å². The van der Waals surface area contributed by atoms with Gasteiger partial charge in [0.15, 0.2) is 11.2 Å². The number of aryl methyl sites for hydroxylation is 1. The number of thiazole rings is 1. The number of carbonyl (C=O) groups is 1. The number of hydrogen-bond acceptors (Lipinski definition) is 3. The summed E-state index contributed by atoms with van der Waals surface area (Å²) in [7, 11) is 0. The van der Waals surface area contributed by atoms with Crippen LogP contribution in [0.5, 0.6) is 0 Å². The fourth-order valence-electron chi connectivity index (χ4n) is 2.97. The van der Waals surface area contributed by atoms with E-state index in [-0.39, 0.29) is 4.69 Å². The summed E-state index contributed by atoms with van der Waals surface area (Å²) in [5.74, 6) is 0.